The van der Waals surface area contributed by atoms with Crippen LogP contribution in [0.4, 0.5) is 5.69 Å². The molecule has 2 N–H and O–H groups in total. The molecule has 1 aliphatic heterocycles. The van der Waals surface area contributed by atoms with Crippen LogP contribution in [0, 0.1) is 5.92 Å². The molecule has 0 unspecified atom stereocenters. The van der Waals surface area contributed by atoms with Crippen molar-refractivity contribution in [2.45, 2.75) is 26.3 Å². The van der Waals surface area contributed by atoms with Gasteiger partial charge in [-0.05, 0) is 44.0 Å². The zero-order chi connectivity index (χ0) is 12.5. The van der Waals surface area contributed by atoms with Crippen molar-refractivity contribution in [3.63, 3.8) is 0 Å². The van der Waals surface area contributed by atoms with E-state index in [2.05, 4.69) is 21.2 Å². The second-order valence-electron chi connectivity index (χ2n) is 5.40. The van der Waals surface area contributed by atoms with E-state index in [1.54, 1.807) is 0 Å². The summed E-state index contributed by atoms with van der Waals surface area (Å²) in [5.41, 5.74) is 8.83. The van der Waals surface area contributed by atoms with Gasteiger partial charge < -0.3 is 10.1 Å². The van der Waals surface area contributed by atoms with E-state index in [0.29, 0.717) is 0 Å². The molecule has 3 rings (SSSR count). The van der Waals surface area contributed by atoms with Gasteiger partial charge in [-0.15, -0.1) is 0 Å². The molecular weight excluding hydrogens is 224 g/mol. The van der Waals surface area contributed by atoms with Crippen LogP contribution in [0.3, 0.4) is 0 Å². The Morgan fingerprint density at radius 2 is 2.11 bits per heavy atom. The predicted molar refractivity (Wildman–Crippen MR) is 73.3 cm³/mol. The zero-order valence-corrected chi connectivity index (χ0v) is 10.8. The summed E-state index contributed by atoms with van der Waals surface area (Å²) < 4.78 is 2.10. The highest BCUT2D eigenvalue weighted by molar-refractivity contribution is 5.48. The van der Waals surface area contributed by atoms with Crippen LogP contribution in [-0.4, -0.2) is 27.4 Å². The molecule has 0 saturated carbocycles. The van der Waals surface area contributed by atoms with Crippen LogP contribution in [-0.2, 0) is 6.54 Å². The van der Waals surface area contributed by atoms with Gasteiger partial charge in [-0.3, -0.25) is 4.90 Å². The average Bonchev–Trinajstić information content (AvgIpc) is 2.75. The molecule has 0 spiro atoms. The van der Waals surface area contributed by atoms with E-state index in [1.165, 1.54) is 31.6 Å². The van der Waals surface area contributed by atoms with E-state index in [4.69, 9.17) is 5.73 Å². The first-order valence-corrected chi connectivity index (χ1v) is 6.66. The predicted octanol–water partition coefficient (Wildman–Crippen LogP) is 2.15. The molecule has 0 aliphatic carbocycles. The average molecular weight is 244 g/mol. The molecule has 2 aromatic heterocycles. The SMILES string of the molecule is CC1CCN(Cc2cnc3ccc(N)cn23)CC1. The largest absolute Gasteiger partial charge is 0.398 e. The van der Waals surface area contributed by atoms with Crippen molar-refractivity contribution >= 4 is 11.3 Å². The van der Waals surface area contributed by atoms with E-state index in [1.807, 2.05) is 24.5 Å². The van der Waals surface area contributed by atoms with Gasteiger partial charge in [0.05, 0.1) is 11.9 Å². The smallest absolute Gasteiger partial charge is 0.137 e. The molecule has 3 heterocycles. The number of nitrogen functional groups attached to an aromatic ring is 1. The minimum absolute atomic E-state index is 0.786. The number of likely N-dealkylation sites (tertiary alicyclic amines) is 1. The fourth-order valence-electron chi connectivity index (χ4n) is 2.61. The van der Waals surface area contributed by atoms with Gasteiger partial charge in [0.1, 0.15) is 5.65 Å². The molecule has 1 fully saturated rings. The molecule has 1 saturated heterocycles. The number of fused-ring (bicyclic) bond motifs is 1. The second kappa shape index (κ2) is 4.61. The summed E-state index contributed by atoms with van der Waals surface area (Å²) >= 11 is 0. The number of hydrogen-bond acceptors (Lipinski definition) is 3. The Balaban J connectivity index is 1.80. The number of nitrogens with zero attached hydrogens (tertiary/aromatic N) is 3. The minimum Gasteiger partial charge on any atom is -0.398 e. The quantitative estimate of drug-likeness (QED) is 0.880. The van der Waals surface area contributed by atoms with Crippen LogP contribution in [0.25, 0.3) is 5.65 Å². The van der Waals surface area contributed by atoms with Crippen LogP contribution in [0.1, 0.15) is 25.5 Å². The van der Waals surface area contributed by atoms with Gasteiger partial charge in [0, 0.05) is 18.4 Å². The highest BCUT2D eigenvalue weighted by Gasteiger charge is 2.17. The third kappa shape index (κ3) is 2.20. The topological polar surface area (TPSA) is 46.6 Å². The molecule has 2 aromatic rings. The Labute approximate surface area is 107 Å². The van der Waals surface area contributed by atoms with Gasteiger partial charge >= 0.3 is 0 Å². The number of anilines is 1. The normalized spacial score (nSPS) is 18.5. The van der Waals surface area contributed by atoms with E-state index in [0.717, 1.165) is 23.8 Å². The molecule has 0 radical (unpaired) electrons. The number of nitrogens with two attached hydrogens (primary N) is 1. The first kappa shape index (κ1) is 11.5. The lowest BCUT2D eigenvalue weighted by Crippen LogP contribution is -2.32. The van der Waals surface area contributed by atoms with Crippen molar-refractivity contribution in [2.24, 2.45) is 5.92 Å². The Kier molecular flexibility index (Phi) is 2.96. The summed E-state index contributed by atoms with van der Waals surface area (Å²) in [5.74, 6) is 0.874. The van der Waals surface area contributed by atoms with Gasteiger partial charge in [-0.2, -0.15) is 0 Å². The first-order valence-electron chi connectivity index (χ1n) is 6.66. The van der Waals surface area contributed by atoms with Crippen molar-refractivity contribution in [1.82, 2.24) is 14.3 Å². The lowest BCUT2D eigenvalue weighted by Gasteiger charge is -2.29. The second-order valence-corrected chi connectivity index (χ2v) is 5.40. The summed E-state index contributed by atoms with van der Waals surface area (Å²) in [6.45, 7) is 5.69. The molecule has 0 amide bonds. The highest BCUT2D eigenvalue weighted by Crippen LogP contribution is 2.19. The number of imidazole rings is 1. The van der Waals surface area contributed by atoms with E-state index in [9.17, 15) is 0 Å². The first-order chi connectivity index (χ1) is 8.72. The summed E-state index contributed by atoms with van der Waals surface area (Å²) in [6, 6.07) is 3.87. The van der Waals surface area contributed by atoms with E-state index in [-0.39, 0.29) is 0 Å². The van der Waals surface area contributed by atoms with Gasteiger partial charge in [0.25, 0.3) is 0 Å². The minimum atomic E-state index is 0.786. The summed E-state index contributed by atoms with van der Waals surface area (Å²) in [7, 11) is 0. The third-order valence-corrected chi connectivity index (χ3v) is 3.87. The van der Waals surface area contributed by atoms with Gasteiger partial charge in [0.15, 0.2) is 0 Å². The maximum absolute atomic E-state index is 5.84. The maximum atomic E-state index is 5.84. The van der Waals surface area contributed by atoms with Crippen molar-refractivity contribution in [1.29, 1.82) is 0 Å². The van der Waals surface area contributed by atoms with Crippen LogP contribution in [0.2, 0.25) is 0 Å². The Hall–Kier alpha value is -1.55. The number of pyridine rings is 1. The number of hydrogen-bond donors (Lipinski definition) is 1. The fraction of sp³-hybridized carbons (Fsp3) is 0.500. The maximum Gasteiger partial charge on any atom is 0.137 e. The fourth-order valence-corrected chi connectivity index (χ4v) is 2.61. The Bertz CT molecular complexity index is 538. The molecule has 1 aliphatic rings. The third-order valence-electron chi connectivity index (χ3n) is 3.87. The highest BCUT2D eigenvalue weighted by atomic mass is 15.2. The van der Waals surface area contributed by atoms with Crippen molar-refractivity contribution in [3.05, 3.63) is 30.2 Å². The molecular formula is C14H20N4. The molecule has 18 heavy (non-hydrogen) atoms. The van der Waals surface area contributed by atoms with Crippen molar-refractivity contribution in [3.8, 4) is 0 Å². The monoisotopic (exact) mass is 244 g/mol. The molecule has 4 heteroatoms. The Morgan fingerprint density at radius 3 is 2.89 bits per heavy atom. The zero-order valence-electron chi connectivity index (χ0n) is 10.8. The van der Waals surface area contributed by atoms with E-state index >= 15 is 0 Å². The van der Waals surface area contributed by atoms with Gasteiger partial charge in [-0.1, -0.05) is 6.92 Å². The summed E-state index contributed by atoms with van der Waals surface area (Å²) in [5, 5.41) is 0. The van der Waals surface area contributed by atoms with Gasteiger partial charge in [-0.25, -0.2) is 4.98 Å². The van der Waals surface area contributed by atoms with Crippen molar-refractivity contribution < 1.29 is 0 Å². The molecule has 4 nitrogen and oxygen atoms in total. The molecule has 0 aromatic carbocycles. The summed E-state index contributed by atoms with van der Waals surface area (Å²) in [4.78, 5) is 6.93. The Morgan fingerprint density at radius 1 is 1.33 bits per heavy atom. The number of rotatable bonds is 2. The standard InChI is InChI=1S/C14H20N4/c1-11-4-6-17(7-5-11)10-13-8-16-14-3-2-12(15)9-18(13)14/h2-3,8-9,11H,4-7,10,15H2,1H3. The van der Waals surface area contributed by atoms with Crippen LogP contribution < -0.4 is 5.73 Å². The van der Waals surface area contributed by atoms with Gasteiger partial charge in [0.2, 0.25) is 0 Å². The molecule has 0 bridgehead atoms. The van der Waals surface area contributed by atoms with Crippen LogP contribution >= 0.6 is 0 Å². The number of aromatic nitrogens is 2. The summed E-state index contributed by atoms with van der Waals surface area (Å²) in [6.07, 6.45) is 6.54. The molecule has 0 atom stereocenters. The van der Waals surface area contributed by atoms with Crippen molar-refractivity contribution in [2.75, 3.05) is 18.8 Å². The molecule has 96 valence electrons. The van der Waals surface area contributed by atoms with E-state index < -0.39 is 0 Å². The van der Waals surface area contributed by atoms with Crippen LogP contribution in [0.5, 0.6) is 0 Å². The van der Waals surface area contributed by atoms with Crippen LogP contribution in [0.15, 0.2) is 24.5 Å². The lowest BCUT2D eigenvalue weighted by atomic mass is 9.99. The number of piperidine rings is 1. The lowest BCUT2D eigenvalue weighted by molar-refractivity contribution is 0.183.